The standard InChI is InChI=1S/C17H25N3O3.ClH/c1-17(7-9-18-10-8-17)13-20-15(21)11-19-16(22)12-23-14-5-3-2-4-6-14;/h2-6,18H,7-13H2,1H3,(H,19,22)(H,20,21);1H. The highest BCUT2D eigenvalue weighted by molar-refractivity contribution is 5.85. The fraction of sp³-hybridized carbons (Fsp3) is 0.529. The normalized spacial score (nSPS) is 15.7. The van der Waals surface area contributed by atoms with Crippen molar-refractivity contribution in [3.8, 4) is 5.75 Å². The predicted molar refractivity (Wildman–Crippen MR) is 95.4 cm³/mol. The van der Waals surface area contributed by atoms with E-state index in [4.69, 9.17) is 4.74 Å². The van der Waals surface area contributed by atoms with Gasteiger partial charge in [0.1, 0.15) is 5.75 Å². The molecule has 0 aromatic heterocycles. The summed E-state index contributed by atoms with van der Waals surface area (Å²) < 4.78 is 5.32. The van der Waals surface area contributed by atoms with Gasteiger partial charge in [-0.25, -0.2) is 0 Å². The van der Waals surface area contributed by atoms with E-state index in [0.717, 1.165) is 25.9 Å². The van der Waals surface area contributed by atoms with Crippen LogP contribution in [0.3, 0.4) is 0 Å². The number of benzene rings is 1. The zero-order chi connectivity index (χ0) is 16.5. The van der Waals surface area contributed by atoms with Crippen molar-refractivity contribution in [3.05, 3.63) is 30.3 Å². The van der Waals surface area contributed by atoms with E-state index in [-0.39, 0.29) is 42.8 Å². The minimum atomic E-state index is -0.308. The highest BCUT2D eigenvalue weighted by atomic mass is 35.5. The first-order valence-corrected chi connectivity index (χ1v) is 7.99. The van der Waals surface area contributed by atoms with Gasteiger partial charge in [-0.1, -0.05) is 25.1 Å². The molecule has 1 heterocycles. The number of para-hydroxylation sites is 1. The summed E-state index contributed by atoms with van der Waals surface area (Å²) in [6, 6.07) is 9.10. The molecular formula is C17H26ClN3O3. The van der Waals surface area contributed by atoms with Crippen LogP contribution in [0.25, 0.3) is 0 Å². The van der Waals surface area contributed by atoms with Crippen LogP contribution in [0.15, 0.2) is 30.3 Å². The highest BCUT2D eigenvalue weighted by Gasteiger charge is 2.26. The molecule has 0 saturated carbocycles. The second-order valence-corrected chi connectivity index (χ2v) is 6.22. The highest BCUT2D eigenvalue weighted by Crippen LogP contribution is 2.26. The van der Waals surface area contributed by atoms with E-state index in [1.54, 1.807) is 12.1 Å². The van der Waals surface area contributed by atoms with Gasteiger partial charge in [0, 0.05) is 6.54 Å². The molecular weight excluding hydrogens is 330 g/mol. The Labute approximate surface area is 149 Å². The van der Waals surface area contributed by atoms with Crippen molar-refractivity contribution in [3.63, 3.8) is 0 Å². The summed E-state index contributed by atoms with van der Waals surface area (Å²) in [5, 5.41) is 8.78. The Bertz CT molecular complexity index is 519. The van der Waals surface area contributed by atoms with E-state index < -0.39 is 0 Å². The van der Waals surface area contributed by atoms with E-state index in [0.29, 0.717) is 12.3 Å². The average molecular weight is 356 g/mol. The van der Waals surface area contributed by atoms with Crippen molar-refractivity contribution in [2.45, 2.75) is 19.8 Å². The van der Waals surface area contributed by atoms with Gasteiger partial charge in [-0.05, 0) is 43.5 Å². The lowest BCUT2D eigenvalue weighted by Gasteiger charge is -2.34. The summed E-state index contributed by atoms with van der Waals surface area (Å²) in [7, 11) is 0. The number of ether oxygens (including phenoxy) is 1. The van der Waals surface area contributed by atoms with Crippen LogP contribution in [-0.2, 0) is 9.59 Å². The van der Waals surface area contributed by atoms with E-state index >= 15 is 0 Å². The van der Waals surface area contributed by atoms with Crippen molar-refractivity contribution in [2.24, 2.45) is 5.41 Å². The maximum absolute atomic E-state index is 11.8. The van der Waals surface area contributed by atoms with Crippen molar-refractivity contribution in [1.29, 1.82) is 0 Å². The lowest BCUT2D eigenvalue weighted by Crippen LogP contribution is -2.45. The summed E-state index contributed by atoms with van der Waals surface area (Å²) in [6.45, 7) is 4.68. The van der Waals surface area contributed by atoms with Crippen LogP contribution in [0, 0.1) is 5.41 Å². The molecule has 1 aromatic carbocycles. The van der Waals surface area contributed by atoms with Gasteiger partial charge in [0.2, 0.25) is 5.91 Å². The van der Waals surface area contributed by atoms with E-state index in [1.807, 2.05) is 18.2 Å². The topological polar surface area (TPSA) is 79.5 Å². The lowest BCUT2D eigenvalue weighted by molar-refractivity contribution is -0.127. The number of hydrogen-bond donors (Lipinski definition) is 3. The molecule has 0 bridgehead atoms. The van der Waals surface area contributed by atoms with Crippen LogP contribution in [0.1, 0.15) is 19.8 Å². The molecule has 0 spiro atoms. The SMILES string of the molecule is CC1(CNC(=O)CNC(=O)COc2ccccc2)CCNCC1.Cl. The Balaban J connectivity index is 0.00000288. The fourth-order valence-electron chi connectivity index (χ4n) is 2.48. The molecule has 3 N–H and O–H groups in total. The molecule has 1 aromatic rings. The molecule has 0 unspecified atom stereocenters. The number of nitrogens with one attached hydrogen (secondary N) is 3. The smallest absolute Gasteiger partial charge is 0.258 e. The summed E-state index contributed by atoms with van der Waals surface area (Å²) in [6.07, 6.45) is 2.09. The Morgan fingerprint density at radius 3 is 2.46 bits per heavy atom. The first-order valence-electron chi connectivity index (χ1n) is 7.99. The summed E-state index contributed by atoms with van der Waals surface area (Å²) >= 11 is 0. The molecule has 0 radical (unpaired) electrons. The summed E-state index contributed by atoms with van der Waals surface area (Å²) in [5.41, 5.74) is 0.140. The van der Waals surface area contributed by atoms with Crippen LogP contribution in [0.4, 0.5) is 0 Å². The molecule has 1 saturated heterocycles. The Kier molecular flexibility index (Phi) is 8.57. The third-order valence-electron chi connectivity index (χ3n) is 4.08. The van der Waals surface area contributed by atoms with Crippen molar-refractivity contribution >= 4 is 24.2 Å². The monoisotopic (exact) mass is 355 g/mol. The molecule has 1 aliphatic rings. The number of hydrogen-bond acceptors (Lipinski definition) is 4. The first-order chi connectivity index (χ1) is 11.1. The van der Waals surface area contributed by atoms with Crippen LogP contribution < -0.4 is 20.7 Å². The molecule has 1 fully saturated rings. The molecule has 0 atom stereocenters. The van der Waals surface area contributed by atoms with Gasteiger partial charge in [0.25, 0.3) is 5.91 Å². The summed E-state index contributed by atoms with van der Waals surface area (Å²) in [4.78, 5) is 23.5. The van der Waals surface area contributed by atoms with Crippen LogP contribution in [0.5, 0.6) is 5.75 Å². The van der Waals surface area contributed by atoms with Crippen molar-refractivity contribution < 1.29 is 14.3 Å². The maximum atomic E-state index is 11.8. The minimum absolute atomic E-state index is 0. The number of piperidine rings is 1. The zero-order valence-electron chi connectivity index (χ0n) is 14.0. The zero-order valence-corrected chi connectivity index (χ0v) is 14.8. The van der Waals surface area contributed by atoms with Gasteiger partial charge in [-0.15, -0.1) is 12.4 Å². The van der Waals surface area contributed by atoms with E-state index in [1.165, 1.54) is 0 Å². The Morgan fingerprint density at radius 1 is 1.12 bits per heavy atom. The number of carbonyl (C=O) groups is 2. The second kappa shape index (κ2) is 10.2. The lowest BCUT2D eigenvalue weighted by atomic mass is 9.81. The molecule has 2 rings (SSSR count). The van der Waals surface area contributed by atoms with Crippen molar-refractivity contribution in [1.82, 2.24) is 16.0 Å². The summed E-state index contributed by atoms with van der Waals surface area (Å²) in [5.74, 6) is 0.154. The van der Waals surface area contributed by atoms with Gasteiger partial charge in [-0.3, -0.25) is 9.59 Å². The molecule has 24 heavy (non-hydrogen) atoms. The minimum Gasteiger partial charge on any atom is -0.484 e. The Morgan fingerprint density at radius 2 is 1.79 bits per heavy atom. The van der Waals surface area contributed by atoms with Crippen molar-refractivity contribution in [2.75, 3.05) is 32.8 Å². The Hall–Kier alpha value is -1.79. The molecule has 6 nitrogen and oxygen atoms in total. The quantitative estimate of drug-likeness (QED) is 0.684. The third-order valence-corrected chi connectivity index (χ3v) is 4.08. The first kappa shape index (κ1) is 20.3. The van der Waals surface area contributed by atoms with Crippen LogP contribution in [-0.4, -0.2) is 44.6 Å². The second-order valence-electron chi connectivity index (χ2n) is 6.22. The van der Waals surface area contributed by atoms with Gasteiger partial charge in [-0.2, -0.15) is 0 Å². The third kappa shape index (κ3) is 7.19. The number of amides is 2. The molecule has 7 heteroatoms. The molecule has 1 aliphatic heterocycles. The van der Waals surface area contributed by atoms with Gasteiger partial charge in [0.05, 0.1) is 6.54 Å². The largest absolute Gasteiger partial charge is 0.484 e. The molecule has 2 amide bonds. The van der Waals surface area contributed by atoms with E-state index in [2.05, 4.69) is 22.9 Å². The van der Waals surface area contributed by atoms with Gasteiger partial charge < -0.3 is 20.7 Å². The maximum Gasteiger partial charge on any atom is 0.258 e. The van der Waals surface area contributed by atoms with Crippen LogP contribution >= 0.6 is 12.4 Å². The predicted octanol–water partition coefficient (Wildman–Crippen LogP) is 1.11. The van der Waals surface area contributed by atoms with E-state index in [9.17, 15) is 9.59 Å². The fourth-order valence-corrected chi connectivity index (χ4v) is 2.48. The molecule has 134 valence electrons. The average Bonchev–Trinajstić information content (AvgIpc) is 2.58. The molecule has 0 aliphatic carbocycles. The number of rotatable bonds is 7. The van der Waals surface area contributed by atoms with Gasteiger partial charge >= 0.3 is 0 Å². The number of halogens is 1. The van der Waals surface area contributed by atoms with Crippen LogP contribution in [0.2, 0.25) is 0 Å². The number of carbonyl (C=O) groups excluding carboxylic acids is 2. The van der Waals surface area contributed by atoms with Gasteiger partial charge in [0.15, 0.2) is 6.61 Å².